The molecule has 5 aliphatic rings. The van der Waals surface area contributed by atoms with E-state index in [4.69, 9.17) is 0 Å². The zero-order valence-corrected chi connectivity index (χ0v) is 29.4. The summed E-state index contributed by atoms with van der Waals surface area (Å²) in [6.45, 7) is 0. The van der Waals surface area contributed by atoms with Crippen LogP contribution in [0.15, 0.2) is 158 Å². The number of rotatable bonds is 3. The molecule has 0 nitrogen and oxygen atoms in total. The van der Waals surface area contributed by atoms with Crippen molar-refractivity contribution < 1.29 is 0 Å². The maximum Gasteiger partial charge on any atom is 0.0272 e. The lowest BCUT2D eigenvalue weighted by Crippen LogP contribution is -2.55. The highest BCUT2D eigenvalue weighted by Crippen LogP contribution is 2.70. The second-order valence-electron chi connectivity index (χ2n) is 16.4. The molecule has 4 saturated carbocycles. The first-order chi connectivity index (χ1) is 25.8. The molecule has 1 spiro atoms. The quantitative estimate of drug-likeness (QED) is 0.165. The van der Waals surface area contributed by atoms with E-state index in [-0.39, 0.29) is 5.41 Å². The Labute approximate surface area is 305 Å². The average molecular weight is 665 g/mol. The van der Waals surface area contributed by atoms with E-state index >= 15 is 0 Å². The standard InChI is InChI=1S/C52H40/c1-2-12-34(13-3-1)35-22-24-36(25-23-35)48-41-16-6-8-18-43(41)49(44-19-9-7-17-42(44)48)51-40-15-5-4-14-37(40)31-47-50(51)45-20-10-11-21-46(45)52(47)38-27-32-26-33(29-38)30-39(52)28-32/h1-25,31-33,38-39H,26-30H2. The smallest absolute Gasteiger partial charge is 0.0272 e. The van der Waals surface area contributed by atoms with Crippen molar-refractivity contribution in [3.8, 4) is 44.5 Å². The molecule has 52 heavy (non-hydrogen) atoms. The minimum Gasteiger partial charge on any atom is -0.0622 e. The number of fused-ring (bicyclic) bond motifs is 6. The Balaban J connectivity index is 1.19. The lowest BCUT2D eigenvalue weighted by molar-refractivity contribution is -0.0398. The van der Waals surface area contributed by atoms with Gasteiger partial charge in [-0.1, -0.05) is 152 Å². The molecule has 0 saturated heterocycles. The summed E-state index contributed by atoms with van der Waals surface area (Å²) in [5.74, 6) is 3.31. The van der Waals surface area contributed by atoms with Crippen LogP contribution in [0.5, 0.6) is 0 Å². The summed E-state index contributed by atoms with van der Waals surface area (Å²) in [6, 6.07) is 60.0. The molecule has 4 bridgehead atoms. The third-order valence-corrected chi connectivity index (χ3v) is 14.0. The molecule has 0 heterocycles. The first kappa shape index (κ1) is 29.2. The van der Waals surface area contributed by atoms with E-state index in [1.165, 1.54) is 109 Å². The van der Waals surface area contributed by atoms with Crippen molar-refractivity contribution in [3.63, 3.8) is 0 Å². The van der Waals surface area contributed by atoms with Crippen LogP contribution in [-0.2, 0) is 5.41 Å². The molecule has 0 unspecified atom stereocenters. The van der Waals surface area contributed by atoms with Crippen LogP contribution in [0.25, 0.3) is 76.8 Å². The van der Waals surface area contributed by atoms with Crippen molar-refractivity contribution in [2.75, 3.05) is 0 Å². The van der Waals surface area contributed by atoms with Crippen molar-refractivity contribution in [2.24, 2.45) is 23.7 Å². The molecule has 0 atom stereocenters. The van der Waals surface area contributed by atoms with Crippen LogP contribution in [0.3, 0.4) is 0 Å². The SMILES string of the molecule is c1ccc(-c2ccc(-c3c4ccccc4c(-c4c5c(cc6ccccc46)C4(c6ccccc6-5)C5CC6CC(C5)CC4C6)c4ccccc34)cc2)cc1. The topological polar surface area (TPSA) is 0 Å². The minimum atomic E-state index is 0.115. The number of benzene rings is 8. The highest BCUT2D eigenvalue weighted by molar-refractivity contribution is 6.26. The van der Waals surface area contributed by atoms with Gasteiger partial charge in [-0.3, -0.25) is 0 Å². The lowest BCUT2D eigenvalue weighted by Gasteiger charge is -2.61. The van der Waals surface area contributed by atoms with E-state index in [9.17, 15) is 0 Å². The van der Waals surface area contributed by atoms with Crippen LogP contribution in [0.4, 0.5) is 0 Å². The van der Waals surface area contributed by atoms with Gasteiger partial charge < -0.3 is 0 Å². The predicted octanol–water partition coefficient (Wildman–Crippen LogP) is 13.9. The summed E-state index contributed by atoms with van der Waals surface area (Å²) >= 11 is 0. The fourth-order valence-electron chi connectivity index (χ4n) is 12.4. The molecule has 0 aliphatic heterocycles. The first-order valence-electron chi connectivity index (χ1n) is 19.5. The van der Waals surface area contributed by atoms with Crippen LogP contribution >= 0.6 is 0 Å². The van der Waals surface area contributed by atoms with E-state index in [0.717, 1.165) is 23.7 Å². The van der Waals surface area contributed by atoms with Gasteiger partial charge in [0.2, 0.25) is 0 Å². The molecule has 0 heteroatoms. The van der Waals surface area contributed by atoms with Gasteiger partial charge in [0, 0.05) is 5.41 Å². The lowest BCUT2D eigenvalue weighted by atomic mass is 9.43. The van der Waals surface area contributed by atoms with Crippen LogP contribution < -0.4 is 0 Å². The summed E-state index contributed by atoms with van der Waals surface area (Å²) in [7, 11) is 0. The number of hydrogen-bond acceptors (Lipinski definition) is 0. The molecule has 13 rings (SSSR count). The van der Waals surface area contributed by atoms with Gasteiger partial charge >= 0.3 is 0 Å². The van der Waals surface area contributed by atoms with Gasteiger partial charge in [-0.15, -0.1) is 0 Å². The Hall–Kier alpha value is -5.46. The monoisotopic (exact) mass is 664 g/mol. The maximum absolute atomic E-state index is 2.66. The third-order valence-electron chi connectivity index (χ3n) is 14.0. The summed E-state index contributed by atoms with van der Waals surface area (Å²) < 4.78 is 0. The van der Waals surface area contributed by atoms with Crippen molar-refractivity contribution in [3.05, 3.63) is 169 Å². The van der Waals surface area contributed by atoms with Crippen molar-refractivity contribution in [2.45, 2.75) is 37.5 Å². The Bertz CT molecular complexity index is 2650. The Morgan fingerprint density at radius 1 is 0.346 bits per heavy atom. The maximum atomic E-state index is 2.66. The fourth-order valence-corrected chi connectivity index (χ4v) is 12.4. The zero-order valence-electron chi connectivity index (χ0n) is 29.4. The Kier molecular flexibility index (Phi) is 6.04. The highest BCUT2D eigenvalue weighted by Gasteiger charge is 2.62. The molecule has 248 valence electrons. The zero-order chi connectivity index (χ0) is 34.0. The number of hydrogen-bond donors (Lipinski definition) is 0. The molecule has 5 aliphatic carbocycles. The summed E-state index contributed by atoms with van der Waals surface area (Å²) in [5, 5.41) is 8.07. The molecular formula is C52H40. The summed E-state index contributed by atoms with van der Waals surface area (Å²) in [5.41, 5.74) is 14.3. The first-order valence-corrected chi connectivity index (χ1v) is 19.5. The predicted molar refractivity (Wildman–Crippen MR) is 219 cm³/mol. The van der Waals surface area contributed by atoms with Gasteiger partial charge in [0.15, 0.2) is 0 Å². The molecule has 0 radical (unpaired) electrons. The highest BCUT2D eigenvalue weighted by atomic mass is 14.6. The van der Waals surface area contributed by atoms with E-state index in [1.54, 1.807) is 11.1 Å². The molecule has 0 aromatic heterocycles. The Morgan fingerprint density at radius 3 is 1.50 bits per heavy atom. The molecule has 0 N–H and O–H groups in total. The normalized spacial score (nSPS) is 23.8. The molecule has 8 aromatic rings. The Morgan fingerprint density at radius 2 is 0.846 bits per heavy atom. The second kappa shape index (κ2) is 10.8. The third kappa shape index (κ3) is 3.83. The van der Waals surface area contributed by atoms with Gasteiger partial charge in [0.05, 0.1) is 0 Å². The van der Waals surface area contributed by atoms with Crippen LogP contribution in [-0.4, -0.2) is 0 Å². The van der Waals surface area contributed by atoms with Gasteiger partial charge in [-0.25, -0.2) is 0 Å². The largest absolute Gasteiger partial charge is 0.0622 e. The van der Waals surface area contributed by atoms with Crippen LogP contribution in [0.1, 0.15) is 43.2 Å². The fraction of sp³-hybridized carbons (Fsp3) is 0.192. The molecule has 8 aromatic carbocycles. The van der Waals surface area contributed by atoms with Crippen molar-refractivity contribution in [1.82, 2.24) is 0 Å². The van der Waals surface area contributed by atoms with E-state index in [0.29, 0.717) is 0 Å². The van der Waals surface area contributed by atoms with Crippen molar-refractivity contribution in [1.29, 1.82) is 0 Å². The molecule has 4 fully saturated rings. The van der Waals surface area contributed by atoms with Gasteiger partial charge in [0.1, 0.15) is 0 Å². The molecular weight excluding hydrogens is 625 g/mol. The summed E-state index contributed by atoms with van der Waals surface area (Å²) in [4.78, 5) is 0. The van der Waals surface area contributed by atoms with Crippen molar-refractivity contribution >= 4 is 32.3 Å². The van der Waals surface area contributed by atoms with Gasteiger partial charge in [-0.2, -0.15) is 0 Å². The average Bonchev–Trinajstić information content (AvgIpc) is 3.48. The van der Waals surface area contributed by atoms with Gasteiger partial charge in [0.25, 0.3) is 0 Å². The summed E-state index contributed by atoms with van der Waals surface area (Å²) in [6.07, 6.45) is 7.05. The molecule has 0 amide bonds. The van der Waals surface area contributed by atoms with E-state index in [2.05, 4.69) is 158 Å². The van der Waals surface area contributed by atoms with Crippen LogP contribution in [0, 0.1) is 23.7 Å². The van der Waals surface area contributed by atoms with E-state index < -0.39 is 0 Å². The van der Waals surface area contributed by atoms with Crippen LogP contribution in [0.2, 0.25) is 0 Å². The second-order valence-corrected chi connectivity index (χ2v) is 16.4. The minimum absolute atomic E-state index is 0.115. The van der Waals surface area contributed by atoms with E-state index in [1.807, 2.05) is 0 Å². The van der Waals surface area contributed by atoms with Gasteiger partial charge in [-0.05, 0) is 150 Å².